The van der Waals surface area contributed by atoms with Crippen molar-refractivity contribution < 1.29 is 16.8 Å². The summed E-state index contributed by atoms with van der Waals surface area (Å²) in [5, 5.41) is 3.36. The monoisotopic (exact) mass is 514 g/mol. The molecule has 188 valence electrons. The maximum absolute atomic E-state index is 11.7. The molecule has 35 heavy (non-hydrogen) atoms. The van der Waals surface area contributed by atoms with Gasteiger partial charge in [-0.2, -0.15) is 0 Å². The summed E-state index contributed by atoms with van der Waals surface area (Å²) in [7, 11) is -6.41. The van der Waals surface area contributed by atoms with Gasteiger partial charge in [-0.1, -0.05) is 47.3 Å². The molecule has 0 fully saturated rings. The molecule has 0 bridgehead atoms. The Morgan fingerprint density at radius 1 is 0.571 bits per heavy atom. The Kier molecular flexibility index (Phi) is 8.79. The number of aromatic nitrogens is 2. The average Bonchev–Trinajstić information content (AvgIpc) is 2.76. The van der Waals surface area contributed by atoms with Crippen molar-refractivity contribution in [1.29, 1.82) is 0 Å². The number of benzene rings is 2. The van der Waals surface area contributed by atoms with Crippen LogP contribution in [0.25, 0.3) is 21.5 Å². The molecule has 0 saturated heterocycles. The first kappa shape index (κ1) is 28.4. The lowest BCUT2D eigenvalue weighted by atomic mass is 9.97. The lowest BCUT2D eigenvalue weighted by molar-refractivity contribution is 0.601. The maximum atomic E-state index is 11.7. The molecule has 8 heteroatoms. The average molecular weight is 515 g/mol. The molecule has 4 aromatic rings. The van der Waals surface area contributed by atoms with E-state index in [-0.39, 0.29) is 7.43 Å². The molecule has 2 heterocycles. The number of sulfone groups is 2. The predicted molar refractivity (Wildman–Crippen MR) is 145 cm³/mol. The van der Waals surface area contributed by atoms with Gasteiger partial charge in [0, 0.05) is 53.5 Å². The third-order valence-corrected chi connectivity index (χ3v) is 7.98. The SMILES string of the molecule is C.CC(C)c1ccc(S(C)(=O)=O)c2ccncc12.CC(C)c1ccc(S(C)(=O)=O)c2cnccc12. The Hall–Kier alpha value is -2.84. The van der Waals surface area contributed by atoms with Crippen molar-refractivity contribution in [2.24, 2.45) is 0 Å². The number of rotatable bonds is 4. The van der Waals surface area contributed by atoms with Crippen LogP contribution in [-0.4, -0.2) is 39.3 Å². The standard InChI is InChI=1S/2C13H15NO2S.CH4/c1-9(2)10-4-5-13(17(3,15)16)11-6-7-14-8-12(10)11;1-9(2)10-4-5-13(17(3,15)16)12-8-14-7-6-11(10)12;/h2*4-9H,1-3H3;1H4. The van der Waals surface area contributed by atoms with Crippen molar-refractivity contribution in [3.63, 3.8) is 0 Å². The summed E-state index contributed by atoms with van der Waals surface area (Å²) in [4.78, 5) is 8.83. The Labute approximate surface area is 209 Å². The molecule has 2 aromatic carbocycles. The molecular formula is C27H34N2O4S2. The topological polar surface area (TPSA) is 94.1 Å². The predicted octanol–water partition coefficient (Wildman–Crippen LogP) is 6.16. The molecule has 0 amide bonds. The van der Waals surface area contributed by atoms with Crippen LogP contribution in [-0.2, 0) is 19.7 Å². The van der Waals surface area contributed by atoms with E-state index in [1.54, 1.807) is 43.0 Å². The van der Waals surface area contributed by atoms with Gasteiger partial charge in [0.25, 0.3) is 0 Å². The van der Waals surface area contributed by atoms with Crippen LogP contribution in [0.2, 0.25) is 0 Å². The van der Waals surface area contributed by atoms with Gasteiger partial charge in [-0.15, -0.1) is 0 Å². The Bertz CT molecular complexity index is 1440. The number of pyridine rings is 2. The zero-order valence-electron chi connectivity index (χ0n) is 20.3. The first-order chi connectivity index (χ1) is 15.8. The number of nitrogens with zero attached hydrogens (tertiary/aromatic N) is 2. The fourth-order valence-corrected chi connectivity index (χ4v) is 5.80. The van der Waals surface area contributed by atoms with Crippen LogP contribution < -0.4 is 0 Å². The largest absolute Gasteiger partial charge is 0.264 e. The second kappa shape index (κ2) is 10.8. The van der Waals surface area contributed by atoms with Crippen LogP contribution in [0.15, 0.2) is 71.0 Å². The lowest BCUT2D eigenvalue weighted by Gasteiger charge is -2.12. The molecule has 0 radical (unpaired) electrons. The summed E-state index contributed by atoms with van der Waals surface area (Å²) in [6.07, 6.45) is 9.14. The highest BCUT2D eigenvalue weighted by atomic mass is 32.2. The van der Waals surface area contributed by atoms with E-state index in [0.29, 0.717) is 27.0 Å². The van der Waals surface area contributed by atoms with Gasteiger partial charge in [0.2, 0.25) is 0 Å². The van der Waals surface area contributed by atoms with Gasteiger partial charge in [0.15, 0.2) is 19.7 Å². The van der Waals surface area contributed by atoms with Crippen LogP contribution in [0, 0.1) is 0 Å². The van der Waals surface area contributed by atoms with Crippen molar-refractivity contribution in [3.05, 3.63) is 72.3 Å². The van der Waals surface area contributed by atoms with Crippen molar-refractivity contribution in [1.82, 2.24) is 9.97 Å². The summed E-state index contributed by atoms with van der Waals surface area (Å²) in [5.41, 5.74) is 2.27. The third kappa shape index (κ3) is 6.24. The summed E-state index contributed by atoms with van der Waals surface area (Å²) in [5.74, 6) is 0.698. The van der Waals surface area contributed by atoms with E-state index in [4.69, 9.17) is 0 Å². The third-order valence-electron chi connectivity index (χ3n) is 5.67. The quantitative estimate of drug-likeness (QED) is 0.324. The molecule has 6 nitrogen and oxygen atoms in total. The van der Waals surface area contributed by atoms with Crippen molar-refractivity contribution in [3.8, 4) is 0 Å². The minimum Gasteiger partial charge on any atom is -0.264 e. The van der Waals surface area contributed by atoms with E-state index in [2.05, 4.69) is 37.7 Å². The molecule has 2 aromatic heterocycles. The summed E-state index contributed by atoms with van der Waals surface area (Å²) < 4.78 is 46.8. The first-order valence-corrected chi connectivity index (χ1v) is 14.7. The fourth-order valence-electron chi connectivity index (χ4n) is 4.03. The van der Waals surface area contributed by atoms with Gasteiger partial charge in [-0.3, -0.25) is 9.97 Å². The Balaban J connectivity index is 0.000000240. The maximum Gasteiger partial charge on any atom is 0.176 e. The van der Waals surface area contributed by atoms with E-state index < -0.39 is 19.7 Å². The van der Waals surface area contributed by atoms with Crippen LogP contribution >= 0.6 is 0 Å². The molecule has 0 spiro atoms. The number of fused-ring (bicyclic) bond motifs is 2. The molecule has 0 aliphatic carbocycles. The van der Waals surface area contributed by atoms with E-state index >= 15 is 0 Å². The van der Waals surface area contributed by atoms with E-state index in [0.717, 1.165) is 27.3 Å². The van der Waals surface area contributed by atoms with Crippen molar-refractivity contribution in [2.75, 3.05) is 12.5 Å². The first-order valence-electron chi connectivity index (χ1n) is 11.0. The smallest absolute Gasteiger partial charge is 0.176 e. The van der Waals surface area contributed by atoms with E-state index in [1.165, 1.54) is 12.5 Å². The van der Waals surface area contributed by atoms with Crippen LogP contribution in [0.1, 0.15) is 58.1 Å². The van der Waals surface area contributed by atoms with Gasteiger partial charge in [0.05, 0.1) is 9.79 Å². The van der Waals surface area contributed by atoms with Gasteiger partial charge >= 0.3 is 0 Å². The second-order valence-electron chi connectivity index (χ2n) is 9.00. The molecule has 0 saturated carbocycles. The summed E-state index contributed by atoms with van der Waals surface area (Å²) >= 11 is 0. The normalized spacial score (nSPS) is 11.9. The fraction of sp³-hybridized carbons (Fsp3) is 0.333. The minimum absolute atomic E-state index is 0. The van der Waals surface area contributed by atoms with Crippen LogP contribution in [0.3, 0.4) is 0 Å². The second-order valence-corrected chi connectivity index (χ2v) is 13.0. The highest BCUT2D eigenvalue weighted by molar-refractivity contribution is 7.91. The molecule has 4 rings (SSSR count). The molecule has 0 N–H and O–H groups in total. The lowest BCUT2D eigenvalue weighted by Crippen LogP contribution is -2.00. The Morgan fingerprint density at radius 2 is 0.971 bits per heavy atom. The molecule has 0 atom stereocenters. The van der Waals surface area contributed by atoms with Crippen molar-refractivity contribution in [2.45, 2.75) is 56.7 Å². The zero-order chi connectivity index (χ0) is 25.3. The van der Waals surface area contributed by atoms with Gasteiger partial charge in [0.1, 0.15) is 0 Å². The summed E-state index contributed by atoms with van der Waals surface area (Å²) in [6, 6.07) is 10.8. The van der Waals surface area contributed by atoms with Gasteiger partial charge in [-0.05, 0) is 52.6 Å². The minimum atomic E-state index is -3.21. The van der Waals surface area contributed by atoms with Crippen molar-refractivity contribution >= 4 is 41.2 Å². The number of hydrogen-bond acceptors (Lipinski definition) is 6. The van der Waals surface area contributed by atoms with E-state index in [9.17, 15) is 16.8 Å². The molecule has 0 aliphatic rings. The molecular weight excluding hydrogens is 480 g/mol. The molecule has 0 aliphatic heterocycles. The van der Waals surface area contributed by atoms with Gasteiger partial charge < -0.3 is 0 Å². The zero-order valence-corrected chi connectivity index (χ0v) is 21.9. The molecule has 0 unspecified atom stereocenters. The number of hydrogen-bond donors (Lipinski definition) is 0. The van der Waals surface area contributed by atoms with Crippen LogP contribution in [0.4, 0.5) is 0 Å². The Morgan fingerprint density at radius 3 is 1.43 bits per heavy atom. The highest BCUT2D eigenvalue weighted by Crippen LogP contribution is 2.30. The van der Waals surface area contributed by atoms with Gasteiger partial charge in [-0.25, -0.2) is 16.8 Å². The van der Waals surface area contributed by atoms with E-state index in [1.807, 2.05) is 18.2 Å². The summed E-state index contributed by atoms with van der Waals surface area (Å²) in [6.45, 7) is 8.36. The van der Waals surface area contributed by atoms with Crippen LogP contribution in [0.5, 0.6) is 0 Å². The highest BCUT2D eigenvalue weighted by Gasteiger charge is 2.16.